The topological polar surface area (TPSA) is 112 Å². The first-order valence-corrected chi connectivity index (χ1v) is 7.17. The Kier molecular flexibility index (Phi) is 3.49. The fraction of sp³-hybridized carbons (Fsp3) is 0.167. The van der Waals surface area contributed by atoms with Gasteiger partial charge in [0, 0.05) is 5.69 Å². The first kappa shape index (κ1) is 14.1. The second-order valence-corrected chi connectivity index (χ2v) is 5.87. The quantitative estimate of drug-likeness (QED) is 0.791. The van der Waals surface area contributed by atoms with Crippen LogP contribution in [0.4, 0.5) is 5.69 Å². The van der Waals surface area contributed by atoms with Crippen molar-refractivity contribution in [2.24, 2.45) is 0 Å². The van der Waals surface area contributed by atoms with Crippen LogP contribution < -0.4 is 4.72 Å². The number of aromatic amines is 1. The van der Waals surface area contributed by atoms with Gasteiger partial charge in [-0.15, -0.1) is 0 Å². The molecule has 0 aliphatic rings. The molecule has 0 aliphatic carbocycles. The SMILES string of the molecule is Cc1n[nH]c(C)c1S(=O)(=O)Nc1cccc(C(=O)O)c1. The zero-order chi connectivity index (χ0) is 14.9. The molecule has 0 unspecified atom stereocenters. The number of aryl methyl sites for hydroxylation is 2. The highest BCUT2D eigenvalue weighted by Gasteiger charge is 2.22. The van der Waals surface area contributed by atoms with E-state index >= 15 is 0 Å². The van der Waals surface area contributed by atoms with Gasteiger partial charge < -0.3 is 5.11 Å². The summed E-state index contributed by atoms with van der Waals surface area (Å²) in [4.78, 5) is 10.9. The summed E-state index contributed by atoms with van der Waals surface area (Å²) in [6, 6.07) is 5.59. The molecule has 0 radical (unpaired) electrons. The van der Waals surface area contributed by atoms with Crippen molar-refractivity contribution in [2.45, 2.75) is 18.7 Å². The Bertz CT molecular complexity index is 745. The van der Waals surface area contributed by atoms with Gasteiger partial charge >= 0.3 is 5.97 Å². The van der Waals surface area contributed by atoms with Crippen LogP contribution in [-0.4, -0.2) is 29.7 Å². The lowest BCUT2D eigenvalue weighted by atomic mass is 10.2. The number of aromatic carboxylic acids is 1. The minimum Gasteiger partial charge on any atom is -0.478 e. The maximum Gasteiger partial charge on any atom is 0.335 e. The van der Waals surface area contributed by atoms with Gasteiger partial charge in [0.25, 0.3) is 10.0 Å². The molecule has 1 heterocycles. The van der Waals surface area contributed by atoms with Crippen molar-refractivity contribution in [1.82, 2.24) is 10.2 Å². The Balaban J connectivity index is 2.39. The van der Waals surface area contributed by atoms with Gasteiger partial charge in [-0.2, -0.15) is 5.10 Å². The number of carboxylic acid groups (broad SMARTS) is 1. The lowest BCUT2D eigenvalue weighted by Crippen LogP contribution is -2.15. The molecule has 2 aromatic rings. The second kappa shape index (κ2) is 4.97. The fourth-order valence-corrected chi connectivity index (χ4v) is 3.28. The van der Waals surface area contributed by atoms with E-state index < -0.39 is 16.0 Å². The van der Waals surface area contributed by atoms with Crippen molar-refractivity contribution in [3.05, 3.63) is 41.2 Å². The van der Waals surface area contributed by atoms with Crippen LogP contribution in [0.15, 0.2) is 29.2 Å². The Morgan fingerprint density at radius 2 is 2.05 bits per heavy atom. The zero-order valence-electron chi connectivity index (χ0n) is 10.8. The summed E-state index contributed by atoms with van der Waals surface area (Å²) in [6.07, 6.45) is 0. The third-order valence-corrected chi connectivity index (χ3v) is 4.33. The summed E-state index contributed by atoms with van der Waals surface area (Å²) in [5.41, 5.74) is 0.963. The molecule has 0 saturated heterocycles. The van der Waals surface area contributed by atoms with Crippen LogP contribution in [0, 0.1) is 13.8 Å². The Hall–Kier alpha value is -2.35. The van der Waals surface area contributed by atoms with Gasteiger partial charge in [0.1, 0.15) is 4.90 Å². The van der Waals surface area contributed by atoms with Gasteiger partial charge in [-0.3, -0.25) is 9.82 Å². The average molecular weight is 295 g/mol. The van der Waals surface area contributed by atoms with Crippen LogP contribution in [0.5, 0.6) is 0 Å². The minimum atomic E-state index is -3.81. The summed E-state index contributed by atoms with van der Waals surface area (Å²) < 4.78 is 26.9. The van der Waals surface area contributed by atoms with E-state index in [9.17, 15) is 13.2 Å². The number of H-pyrrole nitrogens is 1. The molecule has 20 heavy (non-hydrogen) atoms. The number of hydrogen-bond donors (Lipinski definition) is 3. The minimum absolute atomic E-state index is 0.00541. The fourth-order valence-electron chi connectivity index (χ4n) is 1.86. The van der Waals surface area contributed by atoms with Gasteiger partial charge in [-0.25, -0.2) is 13.2 Å². The normalized spacial score (nSPS) is 11.3. The van der Waals surface area contributed by atoms with E-state index in [2.05, 4.69) is 14.9 Å². The molecule has 3 N–H and O–H groups in total. The molecular formula is C12H13N3O4S. The lowest BCUT2D eigenvalue weighted by Gasteiger charge is -2.08. The van der Waals surface area contributed by atoms with Crippen LogP contribution in [0.25, 0.3) is 0 Å². The first-order valence-electron chi connectivity index (χ1n) is 5.69. The highest BCUT2D eigenvalue weighted by molar-refractivity contribution is 7.92. The Morgan fingerprint density at radius 1 is 1.35 bits per heavy atom. The van der Waals surface area contributed by atoms with Crippen molar-refractivity contribution in [1.29, 1.82) is 0 Å². The Labute approximate surface area is 115 Å². The standard InChI is InChI=1S/C12H13N3O4S/c1-7-11(8(2)14-13-7)20(18,19)15-10-5-3-4-9(6-10)12(16)17/h3-6,15H,1-2H3,(H,13,14)(H,16,17). The largest absolute Gasteiger partial charge is 0.478 e. The molecule has 0 bridgehead atoms. The average Bonchev–Trinajstić information content (AvgIpc) is 2.69. The number of nitrogens with one attached hydrogen (secondary N) is 2. The number of aromatic nitrogens is 2. The molecule has 0 atom stereocenters. The number of nitrogens with zero attached hydrogens (tertiary/aromatic N) is 1. The molecular weight excluding hydrogens is 282 g/mol. The molecule has 0 spiro atoms. The molecule has 0 saturated carbocycles. The van der Waals surface area contributed by atoms with Crippen molar-refractivity contribution < 1.29 is 18.3 Å². The molecule has 2 rings (SSSR count). The Morgan fingerprint density at radius 3 is 2.60 bits per heavy atom. The summed E-state index contributed by atoms with van der Waals surface area (Å²) >= 11 is 0. The number of anilines is 1. The van der Waals surface area contributed by atoms with Gasteiger partial charge in [0.2, 0.25) is 0 Å². The van der Waals surface area contributed by atoms with Crippen molar-refractivity contribution in [3.63, 3.8) is 0 Å². The maximum atomic E-state index is 12.3. The number of hydrogen-bond acceptors (Lipinski definition) is 4. The van der Waals surface area contributed by atoms with E-state index in [-0.39, 0.29) is 16.1 Å². The number of sulfonamides is 1. The third-order valence-electron chi connectivity index (χ3n) is 2.69. The molecule has 0 aliphatic heterocycles. The molecule has 8 heteroatoms. The van der Waals surface area contributed by atoms with Gasteiger partial charge in [0.05, 0.1) is 17.0 Å². The van der Waals surface area contributed by atoms with Gasteiger partial charge in [-0.05, 0) is 32.0 Å². The van der Waals surface area contributed by atoms with E-state index in [1.165, 1.54) is 24.3 Å². The van der Waals surface area contributed by atoms with Crippen LogP contribution >= 0.6 is 0 Å². The van der Waals surface area contributed by atoms with Gasteiger partial charge in [-0.1, -0.05) is 6.07 Å². The van der Waals surface area contributed by atoms with Crippen LogP contribution in [0.1, 0.15) is 21.7 Å². The third kappa shape index (κ3) is 2.64. The maximum absolute atomic E-state index is 12.3. The molecule has 106 valence electrons. The predicted octanol–water partition coefficient (Wildman–Crippen LogP) is 1.53. The van der Waals surface area contributed by atoms with E-state index in [0.29, 0.717) is 11.4 Å². The zero-order valence-corrected chi connectivity index (χ0v) is 11.7. The second-order valence-electron chi connectivity index (χ2n) is 4.25. The van der Waals surface area contributed by atoms with E-state index in [1.54, 1.807) is 13.8 Å². The van der Waals surface area contributed by atoms with E-state index in [4.69, 9.17) is 5.11 Å². The summed E-state index contributed by atoms with van der Waals surface area (Å²) in [5.74, 6) is -1.12. The summed E-state index contributed by atoms with van der Waals surface area (Å²) in [6.45, 7) is 3.17. The van der Waals surface area contributed by atoms with Crippen molar-refractivity contribution >= 4 is 21.7 Å². The van der Waals surface area contributed by atoms with Crippen LogP contribution in [0.2, 0.25) is 0 Å². The molecule has 1 aromatic heterocycles. The van der Waals surface area contributed by atoms with Crippen molar-refractivity contribution in [3.8, 4) is 0 Å². The lowest BCUT2D eigenvalue weighted by molar-refractivity contribution is 0.0697. The predicted molar refractivity (Wildman–Crippen MR) is 72.3 cm³/mol. The molecule has 0 fully saturated rings. The number of benzene rings is 1. The monoisotopic (exact) mass is 295 g/mol. The van der Waals surface area contributed by atoms with E-state index in [0.717, 1.165) is 0 Å². The summed E-state index contributed by atoms with van der Waals surface area (Å²) in [5, 5.41) is 15.3. The first-order chi connectivity index (χ1) is 9.31. The van der Waals surface area contributed by atoms with Crippen LogP contribution in [0.3, 0.4) is 0 Å². The van der Waals surface area contributed by atoms with Crippen molar-refractivity contribution in [2.75, 3.05) is 4.72 Å². The number of rotatable bonds is 4. The van der Waals surface area contributed by atoms with Gasteiger partial charge in [0.15, 0.2) is 0 Å². The summed E-state index contributed by atoms with van der Waals surface area (Å²) in [7, 11) is -3.81. The number of carboxylic acids is 1. The van der Waals surface area contributed by atoms with E-state index in [1.807, 2.05) is 0 Å². The highest BCUT2D eigenvalue weighted by atomic mass is 32.2. The molecule has 0 amide bonds. The van der Waals surface area contributed by atoms with Crippen LogP contribution in [-0.2, 0) is 10.0 Å². The smallest absolute Gasteiger partial charge is 0.335 e. The highest BCUT2D eigenvalue weighted by Crippen LogP contribution is 2.21. The number of carbonyl (C=O) groups is 1. The molecule has 7 nitrogen and oxygen atoms in total. The molecule has 1 aromatic carbocycles.